The molecular weight excluding hydrogens is 329 g/mol. The van der Waals surface area contributed by atoms with Gasteiger partial charge >= 0.3 is 0 Å². The number of aliphatic imine (C=N–C) groups is 1. The Morgan fingerprint density at radius 3 is 2.65 bits per heavy atom. The van der Waals surface area contributed by atoms with Gasteiger partial charge in [-0.3, -0.25) is 4.99 Å². The standard InChI is InChI=1S/C12H25N3O.HI/c1-4-13-12(15-11-9-10(11)3)14-7-6-8-16-5-2;/h10-11H,4-9H2,1-3H3,(H2,13,14,15);1H. The smallest absolute Gasteiger partial charge is 0.191 e. The summed E-state index contributed by atoms with van der Waals surface area (Å²) in [5.41, 5.74) is 0. The molecular formula is C12H26IN3O. The molecule has 1 aliphatic rings. The molecule has 0 radical (unpaired) electrons. The molecule has 1 aliphatic carbocycles. The summed E-state index contributed by atoms with van der Waals surface area (Å²) < 4.78 is 5.28. The van der Waals surface area contributed by atoms with Crippen LogP contribution in [0, 0.1) is 5.92 Å². The van der Waals surface area contributed by atoms with Crippen LogP contribution in [-0.4, -0.2) is 38.3 Å². The second-order valence-corrected chi connectivity index (χ2v) is 4.27. The fraction of sp³-hybridized carbons (Fsp3) is 0.917. The zero-order valence-corrected chi connectivity index (χ0v) is 13.5. The molecule has 1 fully saturated rings. The Morgan fingerprint density at radius 2 is 2.12 bits per heavy atom. The number of hydrogen-bond donors (Lipinski definition) is 2. The van der Waals surface area contributed by atoms with Crippen molar-refractivity contribution in [1.29, 1.82) is 0 Å². The molecule has 0 heterocycles. The molecule has 0 aromatic heterocycles. The van der Waals surface area contributed by atoms with Gasteiger partial charge in [0.25, 0.3) is 0 Å². The number of nitrogens with one attached hydrogen (secondary N) is 2. The van der Waals surface area contributed by atoms with Gasteiger partial charge in [-0.1, -0.05) is 6.92 Å². The largest absolute Gasteiger partial charge is 0.382 e. The van der Waals surface area contributed by atoms with E-state index in [9.17, 15) is 0 Å². The van der Waals surface area contributed by atoms with Crippen LogP contribution in [0.2, 0.25) is 0 Å². The van der Waals surface area contributed by atoms with Gasteiger partial charge in [0.1, 0.15) is 0 Å². The first-order valence-electron chi connectivity index (χ1n) is 6.40. The van der Waals surface area contributed by atoms with Gasteiger partial charge in [0, 0.05) is 32.3 Å². The van der Waals surface area contributed by atoms with Gasteiger partial charge in [0.2, 0.25) is 0 Å². The first kappa shape index (κ1) is 17.0. The van der Waals surface area contributed by atoms with E-state index in [1.54, 1.807) is 0 Å². The van der Waals surface area contributed by atoms with Crippen LogP contribution in [0.5, 0.6) is 0 Å². The molecule has 2 atom stereocenters. The highest BCUT2D eigenvalue weighted by atomic mass is 127. The van der Waals surface area contributed by atoms with E-state index in [-0.39, 0.29) is 24.0 Å². The van der Waals surface area contributed by atoms with E-state index >= 15 is 0 Å². The highest BCUT2D eigenvalue weighted by Gasteiger charge is 2.33. The van der Waals surface area contributed by atoms with E-state index in [0.29, 0.717) is 6.04 Å². The second kappa shape index (κ2) is 9.94. The third kappa shape index (κ3) is 7.81. The van der Waals surface area contributed by atoms with Crippen molar-refractivity contribution in [3.63, 3.8) is 0 Å². The predicted octanol–water partition coefficient (Wildman–Crippen LogP) is 1.99. The fourth-order valence-corrected chi connectivity index (χ4v) is 1.52. The van der Waals surface area contributed by atoms with Crippen molar-refractivity contribution < 1.29 is 4.74 Å². The van der Waals surface area contributed by atoms with Gasteiger partial charge in [0.15, 0.2) is 5.96 Å². The Hall–Kier alpha value is -0.0400. The van der Waals surface area contributed by atoms with Crippen LogP contribution < -0.4 is 10.6 Å². The Kier molecular flexibility index (Phi) is 9.91. The number of guanidine groups is 1. The van der Waals surface area contributed by atoms with Crippen molar-refractivity contribution >= 4 is 29.9 Å². The van der Waals surface area contributed by atoms with Crippen LogP contribution in [0.1, 0.15) is 33.6 Å². The van der Waals surface area contributed by atoms with Crippen molar-refractivity contribution in [3.8, 4) is 0 Å². The molecule has 1 saturated carbocycles. The Bertz CT molecular complexity index is 224. The summed E-state index contributed by atoms with van der Waals surface area (Å²) in [5, 5.41) is 6.69. The molecule has 2 unspecified atom stereocenters. The summed E-state index contributed by atoms with van der Waals surface area (Å²) in [6.45, 7) is 9.71. The number of halogens is 1. The molecule has 102 valence electrons. The molecule has 0 aliphatic heterocycles. The van der Waals surface area contributed by atoms with Crippen molar-refractivity contribution in [1.82, 2.24) is 10.6 Å². The Labute approximate surface area is 122 Å². The van der Waals surface area contributed by atoms with Gasteiger partial charge < -0.3 is 15.4 Å². The first-order valence-corrected chi connectivity index (χ1v) is 6.40. The van der Waals surface area contributed by atoms with Crippen LogP contribution in [0.4, 0.5) is 0 Å². The molecule has 17 heavy (non-hydrogen) atoms. The van der Waals surface area contributed by atoms with E-state index in [1.165, 1.54) is 6.42 Å². The predicted molar refractivity (Wildman–Crippen MR) is 83.2 cm³/mol. The molecule has 2 N–H and O–H groups in total. The molecule has 4 nitrogen and oxygen atoms in total. The van der Waals surface area contributed by atoms with Crippen molar-refractivity contribution in [3.05, 3.63) is 0 Å². The quantitative estimate of drug-likeness (QED) is 0.318. The fourth-order valence-electron chi connectivity index (χ4n) is 1.52. The monoisotopic (exact) mass is 355 g/mol. The summed E-state index contributed by atoms with van der Waals surface area (Å²) in [5.74, 6) is 1.75. The molecule has 0 saturated heterocycles. The number of nitrogens with zero attached hydrogens (tertiary/aromatic N) is 1. The summed E-state index contributed by atoms with van der Waals surface area (Å²) in [6, 6.07) is 0.629. The van der Waals surface area contributed by atoms with Crippen LogP contribution in [0.15, 0.2) is 4.99 Å². The molecule has 1 rings (SSSR count). The van der Waals surface area contributed by atoms with E-state index < -0.39 is 0 Å². The molecule has 0 aromatic rings. The first-order chi connectivity index (χ1) is 7.77. The van der Waals surface area contributed by atoms with Gasteiger partial charge in [-0.15, -0.1) is 24.0 Å². The van der Waals surface area contributed by atoms with Crippen molar-refractivity contribution in [2.75, 3.05) is 26.3 Å². The van der Waals surface area contributed by atoms with Crippen LogP contribution in [0.25, 0.3) is 0 Å². The molecule has 5 heteroatoms. The minimum absolute atomic E-state index is 0. The van der Waals surface area contributed by atoms with Gasteiger partial charge in [0.05, 0.1) is 0 Å². The van der Waals surface area contributed by atoms with E-state index in [4.69, 9.17) is 4.74 Å². The normalized spacial score (nSPS) is 22.9. The third-order valence-electron chi connectivity index (χ3n) is 2.70. The van der Waals surface area contributed by atoms with Crippen molar-refractivity contribution in [2.45, 2.75) is 39.7 Å². The van der Waals surface area contributed by atoms with Gasteiger partial charge in [-0.2, -0.15) is 0 Å². The topological polar surface area (TPSA) is 45.7 Å². The average Bonchev–Trinajstić information content (AvgIpc) is 2.94. The van der Waals surface area contributed by atoms with Gasteiger partial charge in [-0.05, 0) is 32.6 Å². The maximum absolute atomic E-state index is 5.28. The number of ether oxygens (including phenoxy) is 1. The third-order valence-corrected chi connectivity index (χ3v) is 2.70. The zero-order valence-electron chi connectivity index (χ0n) is 11.2. The maximum Gasteiger partial charge on any atom is 0.191 e. The molecule has 0 amide bonds. The lowest BCUT2D eigenvalue weighted by atomic mass is 10.4. The van der Waals surface area contributed by atoms with Crippen molar-refractivity contribution in [2.24, 2.45) is 10.9 Å². The summed E-state index contributed by atoms with van der Waals surface area (Å²) in [6.07, 6.45) is 2.26. The minimum Gasteiger partial charge on any atom is -0.382 e. The van der Waals surface area contributed by atoms with Crippen LogP contribution in [0.3, 0.4) is 0 Å². The summed E-state index contributed by atoms with van der Waals surface area (Å²) in [7, 11) is 0. The zero-order chi connectivity index (χ0) is 11.8. The lowest BCUT2D eigenvalue weighted by Crippen LogP contribution is -2.39. The van der Waals surface area contributed by atoms with E-state index in [1.807, 2.05) is 6.92 Å². The summed E-state index contributed by atoms with van der Waals surface area (Å²) >= 11 is 0. The molecule has 0 aromatic carbocycles. The lowest BCUT2D eigenvalue weighted by molar-refractivity contribution is 0.146. The van der Waals surface area contributed by atoms with E-state index in [2.05, 4.69) is 29.5 Å². The number of hydrogen-bond acceptors (Lipinski definition) is 2. The lowest BCUT2D eigenvalue weighted by Gasteiger charge is -2.10. The SMILES string of the molecule is CCNC(=NCCCOCC)NC1CC1C.I. The van der Waals surface area contributed by atoms with Gasteiger partial charge in [-0.25, -0.2) is 0 Å². The minimum atomic E-state index is 0. The average molecular weight is 355 g/mol. The highest BCUT2D eigenvalue weighted by molar-refractivity contribution is 14.0. The maximum atomic E-state index is 5.28. The highest BCUT2D eigenvalue weighted by Crippen LogP contribution is 2.28. The van der Waals surface area contributed by atoms with Crippen LogP contribution >= 0.6 is 24.0 Å². The Morgan fingerprint density at radius 1 is 1.41 bits per heavy atom. The number of rotatable bonds is 7. The molecule has 0 bridgehead atoms. The molecule has 0 spiro atoms. The van der Waals surface area contributed by atoms with E-state index in [0.717, 1.165) is 44.6 Å². The summed E-state index contributed by atoms with van der Waals surface area (Å²) in [4.78, 5) is 4.51. The van der Waals surface area contributed by atoms with Crippen LogP contribution in [-0.2, 0) is 4.74 Å². The Balaban J connectivity index is 0.00000256. The second-order valence-electron chi connectivity index (χ2n) is 4.27.